The van der Waals surface area contributed by atoms with Crippen LogP contribution in [0, 0.1) is 0 Å². The first-order chi connectivity index (χ1) is 12.7. The summed E-state index contributed by atoms with van der Waals surface area (Å²) in [4.78, 5) is 11.7. The third-order valence-corrected chi connectivity index (χ3v) is 5.14. The molecule has 4 rings (SSSR count). The first-order valence-electron chi connectivity index (χ1n) is 9.05. The molecule has 0 radical (unpaired) electrons. The standard InChI is InChI=1S/C20H24N4O2/c1-12-8-14(6-7-21-12)20-22-11-17-16(24-20)10-15(23-17)13-4-5-18(25-2)19(9-13)26-3/h4-5,9-12,14,21,23H,6-8H2,1-3H3/p+1. The van der Waals surface area contributed by atoms with E-state index in [2.05, 4.69) is 28.3 Å². The number of piperidine rings is 1. The van der Waals surface area contributed by atoms with E-state index in [9.17, 15) is 0 Å². The quantitative estimate of drug-likeness (QED) is 0.756. The number of rotatable bonds is 4. The maximum absolute atomic E-state index is 5.41. The van der Waals surface area contributed by atoms with Crippen LogP contribution in [-0.4, -0.2) is 36.8 Å². The number of aromatic amines is 2. The Bertz CT molecular complexity index is 921. The van der Waals surface area contributed by atoms with E-state index in [0.29, 0.717) is 17.7 Å². The van der Waals surface area contributed by atoms with Gasteiger partial charge in [0, 0.05) is 17.7 Å². The third kappa shape index (κ3) is 3.12. The summed E-state index contributed by atoms with van der Waals surface area (Å²) in [6, 6.07) is 8.54. The second-order valence-electron chi connectivity index (χ2n) is 6.91. The highest BCUT2D eigenvalue weighted by Crippen LogP contribution is 2.33. The van der Waals surface area contributed by atoms with Gasteiger partial charge in [0.05, 0.1) is 25.8 Å². The molecule has 1 fully saturated rings. The molecule has 0 spiro atoms. The van der Waals surface area contributed by atoms with Gasteiger partial charge in [-0.15, -0.1) is 0 Å². The summed E-state index contributed by atoms with van der Waals surface area (Å²) >= 11 is 0. The van der Waals surface area contributed by atoms with Crippen LogP contribution < -0.4 is 19.8 Å². The minimum atomic E-state index is 0.482. The highest BCUT2D eigenvalue weighted by atomic mass is 16.5. The van der Waals surface area contributed by atoms with Crippen molar-refractivity contribution in [3.8, 4) is 22.8 Å². The Morgan fingerprint density at radius 3 is 2.77 bits per heavy atom. The van der Waals surface area contributed by atoms with E-state index >= 15 is 0 Å². The molecule has 1 aliphatic heterocycles. The molecule has 26 heavy (non-hydrogen) atoms. The summed E-state index contributed by atoms with van der Waals surface area (Å²) in [5, 5.41) is 3.49. The largest absolute Gasteiger partial charge is 0.493 e. The molecule has 3 heterocycles. The number of nitrogens with zero attached hydrogens (tertiary/aromatic N) is 1. The van der Waals surface area contributed by atoms with Crippen molar-refractivity contribution in [2.75, 3.05) is 20.8 Å². The Labute approximate surface area is 153 Å². The van der Waals surface area contributed by atoms with Gasteiger partial charge in [0.25, 0.3) is 5.82 Å². The molecule has 2 aromatic heterocycles. The zero-order chi connectivity index (χ0) is 18.1. The minimum Gasteiger partial charge on any atom is -0.493 e. The van der Waals surface area contributed by atoms with Gasteiger partial charge in [-0.1, -0.05) is 0 Å². The maximum Gasteiger partial charge on any atom is 0.300 e. The summed E-state index contributed by atoms with van der Waals surface area (Å²) < 4.78 is 10.7. The molecular weight excluding hydrogens is 328 g/mol. The smallest absolute Gasteiger partial charge is 0.300 e. The van der Waals surface area contributed by atoms with E-state index < -0.39 is 0 Å². The van der Waals surface area contributed by atoms with Crippen molar-refractivity contribution in [1.29, 1.82) is 0 Å². The van der Waals surface area contributed by atoms with Gasteiger partial charge in [0.1, 0.15) is 11.7 Å². The number of ether oxygens (including phenoxy) is 2. The van der Waals surface area contributed by atoms with Crippen molar-refractivity contribution in [1.82, 2.24) is 15.3 Å². The molecule has 0 bridgehead atoms. The number of nitrogens with one attached hydrogen (secondary N) is 3. The van der Waals surface area contributed by atoms with E-state index in [4.69, 9.17) is 14.5 Å². The fraction of sp³-hybridized carbons (Fsp3) is 0.400. The highest BCUT2D eigenvalue weighted by Gasteiger charge is 2.27. The van der Waals surface area contributed by atoms with Crippen LogP contribution in [0.4, 0.5) is 0 Å². The molecule has 0 saturated carbocycles. The molecule has 6 nitrogen and oxygen atoms in total. The number of hydrogen-bond acceptors (Lipinski definition) is 4. The molecule has 0 aliphatic carbocycles. The second-order valence-corrected chi connectivity index (χ2v) is 6.91. The van der Waals surface area contributed by atoms with Crippen LogP contribution in [0.2, 0.25) is 0 Å². The zero-order valence-corrected chi connectivity index (χ0v) is 15.4. The first-order valence-corrected chi connectivity index (χ1v) is 9.05. The number of fused-ring (bicyclic) bond motifs is 1. The Hall–Kier alpha value is -2.60. The van der Waals surface area contributed by atoms with Crippen molar-refractivity contribution in [3.63, 3.8) is 0 Å². The zero-order valence-electron chi connectivity index (χ0n) is 15.4. The van der Waals surface area contributed by atoms with Crippen LogP contribution in [0.1, 0.15) is 31.5 Å². The van der Waals surface area contributed by atoms with Gasteiger partial charge in [-0.05, 0) is 49.5 Å². The predicted octanol–water partition coefficient (Wildman–Crippen LogP) is 2.92. The van der Waals surface area contributed by atoms with Crippen molar-refractivity contribution < 1.29 is 14.5 Å². The van der Waals surface area contributed by atoms with Crippen molar-refractivity contribution in [2.45, 2.75) is 31.7 Å². The number of methoxy groups -OCH3 is 2. The summed E-state index contributed by atoms with van der Waals surface area (Å²) in [6.45, 7) is 3.28. The Kier molecular flexibility index (Phi) is 4.51. The average Bonchev–Trinajstić information content (AvgIpc) is 3.10. The van der Waals surface area contributed by atoms with E-state index in [1.165, 1.54) is 0 Å². The number of H-pyrrole nitrogens is 2. The van der Waals surface area contributed by atoms with Gasteiger partial charge in [-0.25, -0.2) is 4.98 Å². The molecule has 2 atom stereocenters. The molecule has 1 aliphatic rings. The van der Waals surface area contributed by atoms with Crippen LogP contribution in [0.3, 0.4) is 0 Å². The normalized spacial score (nSPS) is 20.3. The Balaban J connectivity index is 1.67. The average molecular weight is 353 g/mol. The highest BCUT2D eigenvalue weighted by molar-refractivity contribution is 5.82. The Morgan fingerprint density at radius 2 is 2.00 bits per heavy atom. The van der Waals surface area contributed by atoms with E-state index in [1.54, 1.807) is 14.2 Å². The van der Waals surface area contributed by atoms with Crippen molar-refractivity contribution in [3.05, 3.63) is 36.3 Å². The maximum atomic E-state index is 5.41. The van der Waals surface area contributed by atoms with Crippen LogP contribution >= 0.6 is 0 Å². The Morgan fingerprint density at radius 1 is 1.15 bits per heavy atom. The van der Waals surface area contributed by atoms with Crippen molar-refractivity contribution >= 4 is 11.0 Å². The minimum absolute atomic E-state index is 0.482. The van der Waals surface area contributed by atoms with Gasteiger partial charge in [0.2, 0.25) is 5.52 Å². The summed E-state index contributed by atoms with van der Waals surface area (Å²) in [5.41, 5.74) is 4.03. The van der Waals surface area contributed by atoms with Crippen LogP contribution in [-0.2, 0) is 0 Å². The molecule has 1 aromatic carbocycles. The van der Waals surface area contributed by atoms with Gasteiger partial charge < -0.3 is 19.8 Å². The second kappa shape index (κ2) is 6.96. The number of benzene rings is 1. The van der Waals surface area contributed by atoms with Crippen LogP contribution in [0.25, 0.3) is 22.3 Å². The molecule has 2 unspecified atom stereocenters. The molecule has 136 valence electrons. The molecule has 3 aromatic rings. The predicted molar refractivity (Wildman–Crippen MR) is 101 cm³/mol. The van der Waals surface area contributed by atoms with Gasteiger partial charge in [0.15, 0.2) is 11.5 Å². The fourth-order valence-corrected chi connectivity index (χ4v) is 3.72. The lowest BCUT2D eigenvalue weighted by atomic mass is 9.92. The van der Waals surface area contributed by atoms with Gasteiger partial charge in [-0.3, -0.25) is 0 Å². The monoisotopic (exact) mass is 353 g/mol. The van der Waals surface area contributed by atoms with Gasteiger partial charge >= 0.3 is 0 Å². The first kappa shape index (κ1) is 16.8. The number of hydrogen-bond donors (Lipinski definition) is 2. The topological polar surface area (TPSA) is 73.3 Å². The summed E-state index contributed by atoms with van der Waals surface area (Å²) in [6.07, 6.45) is 4.25. The lowest BCUT2D eigenvalue weighted by Crippen LogP contribution is -2.36. The molecule has 0 amide bonds. The number of aromatic nitrogens is 3. The van der Waals surface area contributed by atoms with E-state index in [-0.39, 0.29) is 0 Å². The van der Waals surface area contributed by atoms with Crippen LogP contribution in [0.5, 0.6) is 11.5 Å². The summed E-state index contributed by atoms with van der Waals surface area (Å²) in [7, 11) is 3.29. The van der Waals surface area contributed by atoms with E-state index in [1.807, 2.05) is 24.4 Å². The molecule has 1 saturated heterocycles. The SMILES string of the molecule is COc1ccc(-c2cc3nc(C4CCNC(C)C4)[nH+]cc3[nH]2)cc1OC. The van der Waals surface area contributed by atoms with Crippen LogP contribution in [0.15, 0.2) is 30.5 Å². The molecular formula is C20H25N4O2+. The summed E-state index contributed by atoms with van der Waals surface area (Å²) in [5.74, 6) is 2.99. The fourth-order valence-electron chi connectivity index (χ4n) is 3.72. The van der Waals surface area contributed by atoms with E-state index in [0.717, 1.165) is 53.3 Å². The van der Waals surface area contributed by atoms with Gasteiger partial charge in [-0.2, -0.15) is 0 Å². The molecule has 6 heteroatoms. The lowest BCUT2D eigenvalue weighted by Gasteiger charge is -2.24. The molecule has 3 N–H and O–H groups in total. The lowest BCUT2D eigenvalue weighted by molar-refractivity contribution is -0.397. The van der Waals surface area contributed by atoms with Crippen molar-refractivity contribution in [2.24, 2.45) is 0 Å². The third-order valence-electron chi connectivity index (χ3n) is 5.14.